The number of aryl methyl sites for hydroxylation is 1. The van der Waals surface area contributed by atoms with Crippen molar-refractivity contribution in [2.24, 2.45) is 17.3 Å². The standard InChI is InChI=1S/C13H15N9/c1-13(2,3)10-9(11(16)22(4)21-10)19-20-12-17-7(5-14)8(6-15)18-12/h16H2,1-4H3,(H,17,18)/b20-19+. The number of aromatic nitrogens is 4. The maximum atomic E-state index is 8.87. The molecule has 0 aliphatic heterocycles. The van der Waals surface area contributed by atoms with Crippen molar-refractivity contribution in [1.82, 2.24) is 19.7 Å². The lowest BCUT2D eigenvalue weighted by molar-refractivity contribution is 0.554. The molecule has 9 heteroatoms. The van der Waals surface area contributed by atoms with Crippen molar-refractivity contribution in [2.45, 2.75) is 26.2 Å². The van der Waals surface area contributed by atoms with Crippen LogP contribution in [0, 0.1) is 22.7 Å². The summed E-state index contributed by atoms with van der Waals surface area (Å²) < 4.78 is 1.53. The molecule has 0 fully saturated rings. The number of nitrogen functional groups attached to an aromatic ring is 1. The summed E-state index contributed by atoms with van der Waals surface area (Å²) in [6.45, 7) is 5.97. The Balaban J connectivity index is 2.46. The number of nitrogens with one attached hydrogen (secondary N) is 1. The van der Waals surface area contributed by atoms with E-state index in [1.807, 2.05) is 32.9 Å². The highest BCUT2D eigenvalue weighted by Gasteiger charge is 2.25. The van der Waals surface area contributed by atoms with E-state index in [1.54, 1.807) is 7.05 Å². The van der Waals surface area contributed by atoms with E-state index in [9.17, 15) is 0 Å². The van der Waals surface area contributed by atoms with Gasteiger partial charge in [0.25, 0.3) is 0 Å². The minimum atomic E-state index is -0.261. The van der Waals surface area contributed by atoms with Crippen LogP contribution in [0.4, 0.5) is 17.5 Å². The van der Waals surface area contributed by atoms with Gasteiger partial charge in [0.05, 0.1) is 5.69 Å². The lowest BCUT2D eigenvalue weighted by Gasteiger charge is -2.15. The summed E-state index contributed by atoms with van der Waals surface area (Å²) in [5.41, 5.74) is 6.87. The molecule has 0 saturated carbocycles. The molecule has 22 heavy (non-hydrogen) atoms. The molecule has 0 atom stereocenters. The van der Waals surface area contributed by atoms with Crippen LogP contribution in [0.25, 0.3) is 0 Å². The zero-order valence-corrected chi connectivity index (χ0v) is 12.7. The van der Waals surface area contributed by atoms with Gasteiger partial charge < -0.3 is 10.7 Å². The number of H-pyrrole nitrogens is 1. The zero-order chi connectivity index (χ0) is 16.5. The Bertz CT molecular complexity index is 786. The van der Waals surface area contributed by atoms with E-state index in [-0.39, 0.29) is 22.8 Å². The number of nitrogens with two attached hydrogens (primary N) is 1. The molecule has 0 spiro atoms. The molecule has 2 heterocycles. The molecule has 2 rings (SSSR count). The normalized spacial score (nSPS) is 11.5. The Labute approximate surface area is 127 Å². The lowest BCUT2D eigenvalue weighted by atomic mass is 9.91. The second-order valence-corrected chi connectivity index (χ2v) is 5.66. The first-order valence-corrected chi connectivity index (χ1v) is 6.42. The van der Waals surface area contributed by atoms with Crippen LogP contribution in [0.2, 0.25) is 0 Å². The van der Waals surface area contributed by atoms with Gasteiger partial charge in [0, 0.05) is 12.5 Å². The van der Waals surface area contributed by atoms with Crippen LogP contribution in [0.15, 0.2) is 10.2 Å². The van der Waals surface area contributed by atoms with Crippen LogP contribution in [-0.2, 0) is 12.5 Å². The van der Waals surface area contributed by atoms with Crippen LogP contribution in [0.1, 0.15) is 37.9 Å². The number of nitrogens with zero attached hydrogens (tertiary/aromatic N) is 7. The molecule has 0 aliphatic rings. The third-order valence-corrected chi connectivity index (χ3v) is 2.93. The quantitative estimate of drug-likeness (QED) is 0.816. The van der Waals surface area contributed by atoms with Gasteiger partial charge in [-0.25, -0.2) is 0 Å². The first kappa shape index (κ1) is 15.2. The molecule has 0 radical (unpaired) electrons. The number of nitriles is 2. The van der Waals surface area contributed by atoms with Crippen molar-refractivity contribution in [1.29, 1.82) is 10.5 Å². The smallest absolute Gasteiger partial charge is 0.249 e. The van der Waals surface area contributed by atoms with E-state index >= 15 is 0 Å². The Morgan fingerprint density at radius 2 is 1.91 bits per heavy atom. The van der Waals surface area contributed by atoms with E-state index in [1.165, 1.54) is 4.68 Å². The Hall–Kier alpha value is -3.20. The third kappa shape index (κ3) is 2.65. The molecular formula is C13H15N9. The predicted molar refractivity (Wildman–Crippen MR) is 78.5 cm³/mol. The fourth-order valence-corrected chi connectivity index (χ4v) is 1.80. The number of aromatic amines is 1. The molecule has 0 saturated heterocycles. The monoisotopic (exact) mass is 297 g/mol. The van der Waals surface area contributed by atoms with Gasteiger partial charge in [0.15, 0.2) is 17.1 Å². The molecule has 3 N–H and O–H groups in total. The highest BCUT2D eigenvalue weighted by atomic mass is 15.3. The van der Waals surface area contributed by atoms with Gasteiger partial charge in [-0.15, -0.1) is 10.2 Å². The summed E-state index contributed by atoms with van der Waals surface area (Å²) in [6, 6.07) is 3.64. The van der Waals surface area contributed by atoms with Crippen LogP contribution in [0.3, 0.4) is 0 Å². The summed E-state index contributed by atoms with van der Waals surface area (Å²) in [7, 11) is 1.72. The second kappa shape index (κ2) is 5.30. The minimum absolute atomic E-state index is 0.0216. The summed E-state index contributed by atoms with van der Waals surface area (Å²) in [4.78, 5) is 6.49. The topological polar surface area (TPSA) is 145 Å². The number of imidazole rings is 1. The van der Waals surface area contributed by atoms with E-state index in [4.69, 9.17) is 16.3 Å². The number of hydrogen-bond donors (Lipinski definition) is 2. The first-order chi connectivity index (χ1) is 10.3. The summed E-state index contributed by atoms with van der Waals surface area (Å²) in [5.74, 6) is 0.442. The largest absolute Gasteiger partial charge is 0.382 e. The van der Waals surface area contributed by atoms with Crippen LogP contribution >= 0.6 is 0 Å². The van der Waals surface area contributed by atoms with Gasteiger partial charge in [-0.2, -0.15) is 20.6 Å². The van der Waals surface area contributed by atoms with E-state index < -0.39 is 0 Å². The van der Waals surface area contributed by atoms with Crippen molar-refractivity contribution < 1.29 is 0 Å². The molecule has 0 aliphatic carbocycles. The minimum Gasteiger partial charge on any atom is -0.382 e. The molecular weight excluding hydrogens is 282 g/mol. The van der Waals surface area contributed by atoms with E-state index in [0.29, 0.717) is 17.2 Å². The number of hydrogen-bond acceptors (Lipinski definition) is 7. The number of azo groups is 1. The molecule has 0 aromatic carbocycles. The van der Waals surface area contributed by atoms with E-state index in [0.717, 1.165) is 0 Å². The molecule has 9 nitrogen and oxygen atoms in total. The van der Waals surface area contributed by atoms with Crippen molar-refractivity contribution in [3.63, 3.8) is 0 Å². The van der Waals surface area contributed by atoms with Crippen LogP contribution < -0.4 is 5.73 Å². The summed E-state index contributed by atoms with van der Waals surface area (Å²) >= 11 is 0. The molecule has 0 bridgehead atoms. The van der Waals surface area contributed by atoms with Crippen molar-refractivity contribution in [3.8, 4) is 12.1 Å². The van der Waals surface area contributed by atoms with Gasteiger partial charge >= 0.3 is 0 Å². The summed E-state index contributed by atoms with van der Waals surface area (Å²) in [6.07, 6.45) is 0. The molecule has 0 amide bonds. The third-order valence-electron chi connectivity index (χ3n) is 2.93. The average molecular weight is 297 g/mol. The van der Waals surface area contributed by atoms with E-state index in [2.05, 4.69) is 25.3 Å². The van der Waals surface area contributed by atoms with Gasteiger partial charge in [0.2, 0.25) is 5.95 Å². The zero-order valence-electron chi connectivity index (χ0n) is 12.7. The fourth-order valence-electron chi connectivity index (χ4n) is 1.80. The van der Waals surface area contributed by atoms with Crippen LogP contribution in [0.5, 0.6) is 0 Å². The molecule has 112 valence electrons. The highest BCUT2D eigenvalue weighted by Crippen LogP contribution is 2.35. The maximum Gasteiger partial charge on any atom is 0.249 e. The van der Waals surface area contributed by atoms with Crippen LogP contribution in [-0.4, -0.2) is 19.7 Å². The lowest BCUT2D eigenvalue weighted by Crippen LogP contribution is -2.12. The maximum absolute atomic E-state index is 8.87. The fraction of sp³-hybridized carbons (Fsp3) is 0.385. The van der Waals surface area contributed by atoms with Crippen molar-refractivity contribution >= 4 is 17.5 Å². The predicted octanol–water partition coefficient (Wildman–Crippen LogP) is 2.18. The molecule has 2 aromatic rings. The SMILES string of the molecule is Cn1nc(C(C)(C)C)c(/N=N/c2nc(C#N)c(C#N)[nH]2)c1N. The summed E-state index contributed by atoms with van der Waals surface area (Å²) in [5, 5.41) is 30.1. The van der Waals surface area contributed by atoms with Gasteiger partial charge in [-0.1, -0.05) is 20.8 Å². The van der Waals surface area contributed by atoms with Gasteiger partial charge in [-0.05, 0) is 0 Å². The number of anilines is 1. The molecule has 2 aromatic heterocycles. The highest BCUT2D eigenvalue weighted by molar-refractivity contribution is 5.63. The van der Waals surface area contributed by atoms with Gasteiger partial charge in [-0.3, -0.25) is 4.68 Å². The Morgan fingerprint density at radius 1 is 1.23 bits per heavy atom. The average Bonchev–Trinajstić information content (AvgIpc) is 2.98. The number of rotatable bonds is 2. The first-order valence-electron chi connectivity index (χ1n) is 6.42. The second-order valence-electron chi connectivity index (χ2n) is 5.66. The Morgan fingerprint density at radius 3 is 2.41 bits per heavy atom. The molecule has 0 unspecified atom stereocenters. The van der Waals surface area contributed by atoms with Crippen molar-refractivity contribution in [3.05, 3.63) is 17.1 Å². The van der Waals surface area contributed by atoms with Gasteiger partial charge in [0.1, 0.15) is 18.0 Å². The van der Waals surface area contributed by atoms with Crippen molar-refractivity contribution in [2.75, 3.05) is 5.73 Å². The Kier molecular flexibility index (Phi) is 3.66.